The Balaban J connectivity index is 1.52. The molecule has 0 bridgehead atoms. The topological polar surface area (TPSA) is 136 Å². The van der Waals surface area contributed by atoms with Crippen LogP contribution in [0.25, 0.3) is 16.6 Å². The molecule has 1 atom stereocenters. The molecule has 1 unspecified atom stereocenters. The number of nitrogens with zero attached hydrogens (tertiary/aromatic N) is 4. The molecule has 1 aliphatic rings. The highest BCUT2D eigenvalue weighted by Crippen LogP contribution is 2.39. The molecular formula is C28H25N7O. The Kier molecular flexibility index (Phi) is 6.56. The highest BCUT2D eigenvalue weighted by Gasteiger charge is 2.27. The van der Waals surface area contributed by atoms with E-state index >= 15 is 0 Å². The lowest BCUT2D eigenvalue weighted by Gasteiger charge is -2.13. The average molecular weight is 476 g/mol. The van der Waals surface area contributed by atoms with E-state index in [1.807, 2.05) is 12.1 Å². The zero-order valence-corrected chi connectivity index (χ0v) is 19.5. The van der Waals surface area contributed by atoms with Crippen LogP contribution in [0.5, 0.6) is 0 Å². The van der Waals surface area contributed by atoms with E-state index in [1.165, 1.54) is 6.20 Å². The molecule has 2 aromatic carbocycles. The van der Waals surface area contributed by atoms with Crippen LogP contribution in [0.4, 0.5) is 0 Å². The maximum Gasteiger partial charge on any atom is 0.0991 e. The minimum atomic E-state index is -0.0250. The number of aliphatic imine (C=N–C) groups is 1. The summed E-state index contributed by atoms with van der Waals surface area (Å²) in [4.78, 5) is 9.56. The van der Waals surface area contributed by atoms with Crippen LogP contribution in [0.2, 0.25) is 0 Å². The smallest absolute Gasteiger partial charge is 0.0991 e. The molecule has 8 nitrogen and oxygen atoms in total. The van der Waals surface area contributed by atoms with Gasteiger partial charge in [0.2, 0.25) is 0 Å². The summed E-state index contributed by atoms with van der Waals surface area (Å²) < 4.78 is 0. The molecule has 0 saturated carbocycles. The van der Waals surface area contributed by atoms with Gasteiger partial charge in [0.05, 0.1) is 53.6 Å². The van der Waals surface area contributed by atoms with Gasteiger partial charge < -0.3 is 16.2 Å². The number of hydrogen-bond acceptors (Lipinski definition) is 7. The monoisotopic (exact) mass is 475 g/mol. The van der Waals surface area contributed by atoms with Gasteiger partial charge in [-0.3, -0.25) is 15.1 Å². The number of nitrogens with one attached hydrogen (secondary N) is 2. The molecule has 0 fully saturated rings. The molecule has 0 radical (unpaired) electrons. The van der Waals surface area contributed by atoms with Gasteiger partial charge in [0.25, 0.3) is 0 Å². The molecule has 4 aromatic rings. The Hall–Kier alpha value is -4.74. The second kappa shape index (κ2) is 10.3. The molecule has 36 heavy (non-hydrogen) atoms. The van der Waals surface area contributed by atoms with Gasteiger partial charge in [-0.15, -0.1) is 0 Å². The van der Waals surface area contributed by atoms with Crippen LogP contribution in [-0.2, 0) is 6.54 Å². The molecule has 1 aliphatic carbocycles. The molecule has 0 amide bonds. The number of nitrogens with two attached hydrogens (primary N) is 1. The quantitative estimate of drug-likeness (QED) is 0.289. The van der Waals surface area contributed by atoms with Crippen molar-refractivity contribution in [1.29, 1.82) is 5.26 Å². The van der Waals surface area contributed by atoms with Crippen molar-refractivity contribution in [1.82, 2.24) is 20.5 Å². The van der Waals surface area contributed by atoms with Crippen molar-refractivity contribution in [2.24, 2.45) is 10.7 Å². The SMILES string of the molecule is N#Cc1ccc(CN=C(/C=C\N)c2cnc3c(c2)C(c2ccc4cn[nH]c4c2)C=C3NCCO)cc1. The fraction of sp³-hybridized carbons (Fsp3) is 0.143. The van der Waals surface area contributed by atoms with Crippen LogP contribution < -0.4 is 11.1 Å². The Morgan fingerprint density at radius 1 is 1.19 bits per heavy atom. The first kappa shape index (κ1) is 23.0. The van der Waals surface area contributed by atoms with Crippen molar-refractivity contribution in [2.45, 2.75) is 12.5 Å². The first-order chi connectivity index (χ1) is 17.7. The Morgan fingerprint density at radius 3 is 2.83 bits per heavy atom. The summed E-state index contributed by atoms with van der Waals surface area (Å²) in [6.07, 6.45) is 8.99. The van der Waals surface area contributed by atoms with Crippen molar-refractivity contribution in [3.8, 4) is 6.07 Å². The van der Waals surface area contributed by atoms with Crippen LogP contribution in [0.3, 0.4) is 0 Å². The van der Waals surface area contributed by atoms with E-state index in [1.54, 1.807) is 30.6 Å². The number of hydrogen-bond donors (Lipinski definition) is 4. The minimum absolute atomic E-state index is 0.0250. The van der Waals surface area contributed by atoms with Crippen molar-refractivity contribution in [3.63, 3.8) is 0 Å². The summed E-state index contributed by atoms with van der Waals surface area (Å²) in [5.74, 6) is -0.0250. The van der Waals surface area contributed by atoms with Crippen LogP contribution in [0, 0.1) is 11.3 Å². The van der Waals surface area contributed by atoms with Gasteiger partial charge in [0.15, 0.2) is 0 Å². The summed E-state index contributed by atoms with van der Waals surface area (Å²) in [5.41, 5.74) is 13.8. The van der Waals surface area contributed by atoms with Crippen LogP contribution in [-0.4, -0.2) is 39.2 Å². The molecule has 2 heterocycles. The van der Waals surface area contributed by atoms with E-state index in [0.717, 1.165) is 50.3 Å². The lowest BCUT2D eigenvalue weighted by molar-refractivity contribution is 0.299. The van der Waals surface area contributed by atoms with Crippen LogP contribution >= 0.6 is 0 Å². The van der Waals surface area contributed by atoms with Gasteiger partial charge >= 0.3 is 0 Å². The highest BCUT2D eigenvalue weighted by atomic mass is 16.3. The van der Waals surface area contributed by atoms with Crippen molar-refractivity contribution in [2.75, 3.05) is 13.2 Å². The minimum Gasteiger partial charge on any atom is -0.405 e. The Morgan fingerprint density at radius 2 is 2.06 bits per heavy atom. The van der Waals surface area contributed by atoms with Gasteiger partial charge in [-0.05, 0) is 59.3 Å². The normalized spacial score (nSPS) is 15.2. The summed E-state index contributed by atoms with van der Waals surface area (Å²) in [7, 11) is 0. The van der Waals surface area contributed by atoms with Crippen molar-refractivity contribution in [3.05, 3.63) is 113 Å². The van der Waals surface area contributed by atoms with Gasteiger partial charge in [0, 0.05) is 29.6 Å². The average Bonchev–Trinajstić information content (AvgIpc) is 3.54. The number of aliphatic hydroxyl groups is 1. The number of fused-ring (bicyclic) bond motifs is 2. The predicted octanol–water partition coefficient (Wildman–Crippen LogP) is 3.36. The maximum atomic E-state index is 9.34. The second-order valence-corrected chi connectivity index (χ2v) is 8.46. The fourth-order valence-electron chi connectivity index (χ4n) is 4.37. The number of aromatic amines is 1. The number of rotatable bonds is 8. The van der Waals surface area contributed by atoms with Crippen LogP contribution in [0.1, 0.15) is 39.4 Å². The third-order valence-electron chi connectivity index (χ3n) is 6.16. The van der Waals surface area contributed by atoms with E-state index in [-0.39, 0.29) is 12.5 Å². The molecule has 5 N–H and O–H groups in total. The van der Waals surface area contributed by atoms with Gasteiger partial charge in [-0.2, -0.15) is 10.4 Å². The maximum absolute atomic E-state index is 9.34. The van der Waals surface area contributed by atoms with Gasteiger partial charge in [-0.25, -0.2) is 0 Å². The molecule has 0 saturated heterocycles. The summed E-state index contributed by atoms with van der Waals surface area (Å²) in [5, 5.41) is 29.9. The largest absolute Gasteiger partial charge is 0.405 e. The lowest BCUT2D eigenvalue weighted by atomic mass is 9.92. The molecule has 0 spiro atoms. The number of aromatic nitrogens is 3. The summed E-state index contributed by atoms with van der Waals surface area (Å²) in [6, 6.07) is 17.9. The van der Waals surface area contributed by atoms with Gasteiger partial charge in [-0.1, -0.05) is 24.3 Å². The molecule has 5 rings (SSSR count). The van der Waals surface area contributed by atoms with E-state index < -0.39 is 0 Å². The predicted molar refractivity (Wildman–Crippen MR) is 140 cm³/mol. The van der Waals surface area contributed by atoms with Crippen LogP contribution in [0.15, 0.2) is 84.3 Å². The van der Waals surface area contributed by atoms with E-state index in [4.69, 9.17) is 21.0 Å². The number of allylic oxidation sites excluding steroid dienone is 2. The highest BCUT2D eigenvalue weighted by molar-refractivity contribution is 6.08. The standard InChI is InChI=1S/C28H25N7O/c29-8-7-25(32-15-19-3-1-18(14-30)2-4-19)22-11-24-23(13-27(31-9-10-36)28(24)33-16-22)20-5-6-21-17-34-35-26(21)12-20/h1-8,11-13,16-17,23,31,36H,9-10,15,29H2,(H,34,35)/b8-7-,32-25?. The number of pyridine rings is 1. The lowest BCUT2D eigenvalue weighted by Crippen LogP contribution is -2.16. The number of benzene rings is 2. The van der Waals surface area contributed by atoms with E-state index in [9.17, 15) is 5.11 Å². The first-order valence-corrected chi connectivity index (χ1v) is 11.6. The molecule has 2 aromatic heterocycles. The van der Waals surface area contributed by atoms with Gasteiger partial charge in [0.1, 0.15) is 0 Å². The first-order valence-electron chi connectivity index (χ1n) is 11.6. The fourth-order valence-corrected chi connectivity index (χ4v) is 4.37. The third-order valence-corrected chi connectivity index (χ3v) is 6.16. The zero-order chi connectivity index (χ0) is 24.9. The Labute approximate surface area is 208 Å². The third kappa shape index (κ3) is 4.60. The summed E-state index contributed by atoms with van der Waals surface area (Å²) in [6.45, 7) is 0.918. The molecule has 178 valence electrons. The number of nitriles is 1. The number of aliphatic hydroxyl groups excluding tert-OH is 1. The van der Waals surface area contributed by atoms with Crippen molar-refractivity contribution >= 4 is 22.3 Å². The zero-order valence-electron chi connectivity index (χ0n) is 19.5. The van der Waals surface area contributed by atoms with Crippen molar-refractivity contribution < 1.29 is 5.11 Å². The molecule has 8 heteroatoms. The second-order valence-electron chi connectivity index (χ2n) is 8.46. The number of H-pyrrole nitrogens is 1. The van der Waals surface area contributed by atoms with E-state index in [2.05, 4.69) is 51.9 Å². The Bertz CT molecular complexity index is 1520. The molecular weight excluding hydrogens is 450 g/mol. The molecule has 0 aliphatic heterocycles. The summed E-state index contributed by atoms with van der Waals surface area (Å²) >= 11 is 0. The van der Waals surface area contributed by atoms with E-state index in [0.29, 0.717) is 18.7 Å².